The number of para-hydroxylation sites is 1. The number of aliphatic hydroxyl groups excluding tert-OH is 1. The number of nitrogens with one attached hydrogen (secondary N) is 1. The number of hydrogen-bond donors (Lipinski definition) is 2. The third-order valence-corrected chi connectivity index (χ3v) is 6.10. The molecule has 1 atom stereocenters. The van der Waals surface area contributed by atoms with Gasteiger partial charge >= 0.3 is 0 Å². The minimum Gasteiger partial charge on any atom is -0.507 e. The van der Waals surface area contributed by atoms with Gasteiger partial charge < -0.3 is 15.0 Å². The molecule has 2 N–H and O–H groups in total. The van der Waals surface area contributed by atoms with Crippen molar-refractivity contribution in [1.29, 1.82) is 0 Å². The SMILES string of the molecule is CCCCCN1C(=O)C(=O)/C(=C(/O)c2ccc(Br)cc2)C1c1c[nH]c2ccccc12. The van der Waals surface area contributed by atoms with Crippen LogP contribution in [0.5, 0.6) is 0 Å². The molecule has 1 aliphatic rings. The first-order valence-corrected chi connectivity index (χ1v) is 10.9. The van der Waals surface area contributed by atoms with Gasteiger partial charge in [0, 0.05) is 39.2 Å². The summed E-state index contributed by atoms with van der Waals surface area (Å²) in [6.07, 6.45) is 4.63. The van der Waals surface area contributed by atoms with Gasteiger partial charge in [0.15, 0.2) is 0 Å². The van der Waals surface area contributed by atoms with Gasteiger partial charge in [-0.25, -0.2) is 0 Å². The quantitative estimate of drug-likeness (QED) is 0.216. The van der Waals surface area contributed by atoms with Gasteiger partial charge in [0.25, 0.3) is 11.7 Å². The Hall–Kier alpha value is -2.86. The molecule has 0 radical (unpaired) electrons. The minimum absolute atomic E-state index is 0.142. The summed E-state index contributed by atoms with van der Waals surface area (Å²) in [5.41, 5.74) is 2.40. The molecule has 2 aromatic carbocycles. The summed E-state index contributed by atoms with van der Waals surface area (Å²) < 4.78 is 0.868. The van der Waals surface area contributed by atoms with Crippen LogP contribution in [-0.2, 0) is 9.59 Å². The van der Waals surface area contributed by atoms with Gasteiger partial charge in [-0.15, -0.1) is 0 Å². The van der Waals surface area contributed by atoms with Crippen molar-refractivity contribution in [2.45, 2.75) is 32.2 Å². The fourth-order valence-corrected chi connectivity index (χ4v) is 4.31. The lowest BCUT2D eigenvalue weighted by Crippen LogP contribution is -2.30. The zero-order valence-corrected chi connectivity index (χ0v) is 18.3. The summed E-state index contributed by atoms with van der Waals surface area (Å²) in [4.78, 5) is 30.8. The lowest BCUT2D eigenvalue weighted by atomic mass is 9.95. The molecular weight excluding hydrogens is 444 g/mol. The van der Waals surface area contributed by atoms with Gasteiger partial charge in [0.05, 0.1) is 11.6 Å². The molecule has 6 heteroatoms. The number of halogens is 1. The molecule has 1 amide bonds. The molecule has 4 rings (SSSR count). The van der Waals surface area contributed by atoms with Crippen molar-refractivity contribution in [3.05, 3.63) is 75.9 Å². The molecular formula is C24H23BrN2O3. The highest BCUT2D eigenvalue weighted by atomic mass is 79.9. The molecule has 3 aromatic rings. The number of rotatable bonds is 6. The van der Waals surface area contributed by atoms with Gasteiger partial charge in [-0.3, -0.25) is 9.59 Å². The predicted molar refractivity (Wildman–Crippen MR) is 121 cm³/mol. The number of amides is 1. The fraction of sp³-hybridized carbons (Fsp3) is 0.250. The lowest BCUT2D eigenvalue weighted by molar-refractivity contribution is -0.139. The van der Waals surface area contributed by atoms with Crippen LogP contribution in [0.15, 0.2) is 64.8 Å². The predicted octanol–water partition coefficient (Wildman–Crippen LogP) is 5.54. The molecule has 0 spiro atoms. The van der Waals surface area contributed by atoms with E-state index in [1.54, 1.807) is 29.2 Å². The molecule has 30 heavy (non-hydrogen) atoms. The van der Waals surface area contributed by atoms with Crippen LogP contribution in [0.2, 0.25) is 0 Å². The zero-order chi connectivity index (χ0) is 21.3. The number of likely N-dealkylation sites (tertiary alicyclic amines) is 1. The summed E-state index contributed by atoms with van der Waals surface area (Å²) in [5, 5.41) is 12.0. The number of aromatic nitrogens is 1. The van der Waals surface area contributed by atoms with Crippen molar-refractivity contribution in [1.82, 2.24) is 9.88 Å². The van der Waals surface area contributed by atoms with E-state index in [0.29, 0.717) is 12.1 Å². The normalized spacial score (nSPS) is 18.5. The lowest BCUT2D eigenvalue weighted by Gasteiger charge is -2.24. The molecule has 1 aromatic heterocycles. The standard InChI is InChI=1S/C24H23BrN2O3/c1-2-3-6-13-27-21(18-14-26-19-8-5-4-7-17(18)19)20(23(29)24(27)30)22(28)15-9-11-16(25)12-10-15/h4-5,7-12,14,21,26,28H,2-3,6,13H2,1H3/b22-20+. The van der Waals surface area contributed by atoms with Crippen molar-refractivity contribution < 1.29 is 14.7 Å². The van der Waals surface area contributed by atoms with Crippen molar-refractivity contribution in [3.8, 4) is 0 Å². The van der Waals surface area contributed by atoms with Crippen LogP contribution in [0, 0.1) is 0 Å². The van der Waals surface area contributed by atoms with Crippen LogP contribution in [0.1, 0.15) is 43.4 Å². The minimum atomic E-state index is -0.637. The number of aliphatic hydroxyl groups is 1. The number of fused-ring (bicyclic) bond motifs is 1. The van der Waals surface area contributed by atoms with E-state index in [0.717, 1.165) is 40.2 Å². The molecule has 0 bridgehead atoms. The number of H-pyrrole nitrogens is 1. The van der Waals surface area contributed by atoms with Crippen molar-refractivity contribution in [2.24, 2.45) is 0 Å². The maximum absolute atomic E-state index is 13.0. The second-order valence-corrected chi connectivity index (χ2v) is 8.41. The molecule has 154 valence electrons. The number of hydrogen-bond acceptors (Lipinski definition) is 3. The molecule has 1 unspecified atom stereocenters. The Balaban J connectivity index is 1.88. The van der Waals surface area contributed by atoms with E-state index in [1.807, 2.05) is 30.5 Å². The average molecular weight is 467 g/mol. The van der Waals surface area contributed by atoms with Gasteiger partial charge in [-0.05, 0) is 24.6 Å². The molecule has 5 nitrogen and oxygen atoms in total. The number of aromatic amines is 1. The smallest absolute Gasteiger partial charge is 0.295 e. The third-order valence-electron chi connectivity index (χ3n) is 5.58. The highest BCUT2D eigenvalue weighted by molar-refractivity contribution is 9.10. The second kappa shape index (κ2) is 8.48. The molecule has 0 saturated carbocycles. The monoisotopic (exact) mass is 466 g/mol. The average Bonchev–Trinajstić information content (AvgIpc) is 3.28. The molecule has 2 heterocycles. The van der Waals surface area contributed by atoms with Crippen molar-refractivity contribution in [3.63, 3.8) is 0 Å². The largest absolute Gasteiger partial charge is 0.507 e. The maximum atomic E-state index is 13.0. The Bertz CT molecular complexity index is 1130. The number of Topliss-reactive ketones (excluding diaryl/α,β-unsaturated/α-hetero) is 1. The summed E-state index contributed by atoms with van der Waals surface area (Å²) in [5.74, 6) is -1.34. The van der Waals surface area contributed by atoms with Gasteiger partial charge in [0.2, 0.25) is 0 Å². The summed E-state index contributed by atoms with van der Waals surface area (Å²) in [6, 6.07) is 14.2. The van der Waals surface area contributed by atoms with Crippen molar-refractivity contribution >= 4 is 44.3 Å². The third kappa shape index (κ3) is 3.56. The number of benzene rings is 2. The van der Waals surface area contributed by atoms with Crippen LogP contribution in [-0.4, -0.2) is 33.2 Å². The topological polar surface area (TPSA) is 73.4 Å². The van der Waals surface area contributed by atoms with E-state index >= 15 is 0 Å². The Kier molecular flexibility index (Phi) is 5.77. The summed E-state index contributed by atoms with van der Waals surface area (Å²) >= 11 is 3.38. The van der Waals surface area contributed by atoms with Crippen LogP contribution < -0.4 is 0 Å². The van der Waals surface area contributed by atoms with E-state index < -0.39 is 17.7 Å². The number of nitrogens with zero attached hydrogens (tertiary/aromatic N) is 1. The van der Waals surface area contributed by atoms with Gasteiger partial charge in [0.1, 0.15) is 5.76 Å². The second-order valence-electron chi connectivity index (χ2n) is 7.50. The van der Waals surface area contributed by atoms with E-state index in [1.165, 1.54) is 0 Å². The van der Waals surface area contributed by atoms with Crippen LogP contribution in [0.4, 0.5) is 0 Å². The first-order valence-electron chi connectivity index (χ1n) is 10.1. The molecule has 0 aliphatic carbocycles. The number of ketones is 1. The van der Waals surface area contributed by atoms with Crippen LogP contribution >= 0.6 is 15.9 Å². The Labute approximate surface area is 183 Å². The number of unbranched alkanes of at least 4 members (excludes halogenated alkanes) is 2. The van der Waals surface area contributed by atoms with Gasteiger partial charge in [-0.1, -0.05) is 66.0 Å². The molecule has 1 saturated heterocycles. The number of carbonyl (C=O) groups excluding carboxylic acids is 2. The maximum Gasteiger partial charge on any atom is 0.295 e. The Morgan fingerprint density at radius 1 is 1.10 bits per heavy atom. The van der Waals surface area contributed by atoms with E-state index in [4.69, 9.17) is 0 Å². The van der Waals surface area contributed by atoms with Crippen LogP contribution in [0.25, 0.3) is 16.7 Å². The molecule has 1 fully saturated rings. The van der Waals surface area contributed by atoms with Gasteiger partial charge in [-0.2, -0.15) is 0 Å². The summed E-state index contributed by atoms with van der Waals surface area (Å²) in [6.45, 7) is 2.57. The van der Waals surface area contributed by atoms with E-state index in [2.05, 4.69) is 27.8 Å². The van der Waals surface area contributed by atoms with E-state index in [9.17, 15) is 14.7 Å². The molecule has 1 aliphatic heterocycles. The Morgan fingerprint density at radius 2 is 1.83 bits per heavy atom. The number of carbonyl (C=O) groups is 2. The first-order chi connectivity index (χ1) is 14.5. The Morgan fingerprint density at radius 3 is 2.57 bits per heavy atom. The van der Waals surface area contributed by atoms with E-state index in [-0.39, 0.29) is 11.3 Å². The van der Waals surface area contributed by atoms with Crippen LogP contribution in [0.3, 0.4) is 0 Å². The fourth-order valence-electron chi connectivity index (χ4n) is 4.05. The summed E-state index contributed by atoms with van der Waals surface area (Å²) in [7, 11) is 0. The zero-order valence-electron chi connectivity index (χ0n) is 16.7. The van der Waals surface area contributed by atoms with Crippen molar-refractivity contribution in [2.75, 3.05) is 6.54 Å². The highest BCUT2D eigenvalue weighted by Crippen LogP contribution is 2.42. The highest BCUT2D eigenvalue weighted by Gasteiger charge is 2.46. The first kappa shape index (κ1) is 20.4.